The van der Waals surface area contributed by atoms with Crippen LogP contribution in [-0.4, -0.2) is 47.8 Å². The molecule has 0 bridgehead atoms. The van der Waals surface area contributed by atoms with Crippen LogP contribution in [0, 0.1) is 0 Å². The zero-order valence-electron chi connectivity index (χ0n) is 18.2. The Balaban J connectivity index is 1.62. The van der Waals surface area contributed by atoms with Crippen molar-refractivity contribution in [3.05, 3.63) is 78.4 Å². The Hall–Kier alpha value is -2.92. The van der Waals surface area contributed by atoms with E-state index >= 15 is 0 Å². The largest absolute Gasteiger partial charge is 0.496 e. The number of carbonyl (C=O) groups excluding carboxylic acids is 1. The number of ether oxygens (including phenoxy) is 1. The Morgan fingerprint density at radius 1 is 1.16 bits per heavy atom. The highest BCUT2D eigenvalue weighted by molar-refractivity contribution is 6.05. The van der Waals surface area contributed by atoms with Gasteiger partial charge in [0.15, 0.2) is 0 Å². The number of carbonyl (C=O) groups is 1. The molecule has 0 saturated heterocycles. The summed E-state index contributed by atoms with van der Waals surface area (Å²) in [6.45, 7) is 4.99. The van der Waals surface area contributed by atoms with Gasteiger partial charge in [-0.05, 0) is 30.5 Å². The second kappa shape index (κ2) is 9.92. The summed E-state index contributed by atoms with van der Waals surface area (Å²) in [5.41, 5.74) is 2.93. The molecule has 1 aliphatic heterocycles. The van der Waals surface area contributed by atoms with E-state index in [0.29, 0.717) is 19.0 Å². The van der Waals surface area contributed by atoms with Gasteiger partial charge in [0.05, 0.1) is 25.4 Å². The molecule has 1 aliphatic carbocycles. The fourth-order valence-corrected chi connectivity index (χ4v) is 4.75. The van der Waals surface area contributed by atoms with E-state index in [2.05, 4.69) is 23.6 Å². The molecule has 4 rings (SSSR count). The van der Waals surface area contributed by atoms with Crippen LogP contribution in [0.3, 0.4) is 0 Å². The number of para-hydroxylation sites is 1. The molecule has 162 valence electrons. The second-order valence-corrected chi connectivity index (χ2v) is 8.27. The van der Waals surface area contributed by atoms with Gasteiger partial charge in [-0.1, -0.05) is 61.4 Å². The summed E-state index contributed by atoms with van der Waals surface area (Å²) in [5, 5.41) is 6.53. The fraction of sp³-hybridized carbons (Fsp3) is 0.385. The molecule has 2 aliphatic rings. The topological polar surface area (TPSA) is 45.1 Å². The standard InChI is InChI=1S/C26H31N3O2/c1-3-17-28(21-13-7-8-14-21)19-26(30)29-24(20-11-5-4-6-12-20)18-23(27-29)22-15-9-10-16-25(22)31-2/h3-6,9-12,15-16,21,24H,1,7-8,13-14,17-19H2,2H3. The second-order valence-electron chi connectivity index (χ2n) is 8.27. The van der Waals surface area contributed by atoms with Gasteiger partial charge in [-0.15, -0.1) is 6.58 Å². The average Bonchev–Trinajstić information content (AvgIpc) is 3.50. The van der Waals surface area contributed by atoms with E-state index in [9.17, 15) is 4.79 Å². The molecule has 0 aromatic heterocycles. The number of amides is 1. The monoisotopic (exact) mass is 417 g/mol. The molecule has 1 saturated carbocycles. The van der Waals surface area contributed by atoms with Gasteiger partial charge in [0, 0.05) is 24.6 Å². The lowest BCUT2D eigenvalue weighted by atomic mass is 9.98. The third-order valence-corrected chi connectivity index (χ3v) is 6.31. The Morgan fingerprint density at radius 2 is 1.87 bits per heavy atom. The molecule has 1 fully saturated rings. The van der Waals surface area contributed by atoms with E-state index in [1.807, 2.05) is 48.5 Å². The van der Waals surface area contributed by atoms with Crippen molar-refractivity contribution in [3.8, 4) is 5.75 Å². The Bertz CT molecular complexity index is 935. The lowest BCUT2D eigenvalue weighted by Crippen LogP contribution is -2.42. The quantitative estimate of drug-likeness (QED) is 0.580. The molecule has 31 heavy (non-hydrogen) atoms. The van der Waals surface area contributed by atoms with Crippen LogP contribution in [0.15, 0.2) is 72.4 Å². The summed E-state index contributed by atoms with van der Waals surface area (Å²) in [5.74, 6) is 0.814. The van der Waals surface area contributed by atoms with Gasteiger partial charge in [-0.2, -0.15) is 5.10 Å². The van der Waals surface area contributed by atoms with Gasteiger partial charge in [-0.25, -0.2) is 5.01 Å². The van der Waals surface area contributed by atoms with E-state index < -0.39 is 0 Å². The number of rotatable bonds is 8. The van der Waals surface area contributed by atoms with Crippen molar-refractivity contribution in [2.45, 2.75) is 44.2 Å². The Morgan fingerprint density at radius 3 is 2.58 bits per heavy atom. The summed E-state index contributed by atoms with van der Waals surface area (Å²) in [6, 6.07) is 18.4. The summed E-state index contributed by atoms with van der Waals surface area (Å²) >= 11 is 0. The van der Waals surface area contributed by atoms with E-state index in [1.54, 1.807) is 12.1 Å². The van der Waals surface area contributed by atoms with Crippen LogP contribution < -0.4 is 4.74 Å². The number of hydrazone groups is 1. The smallest absolute Gasteiger partial charge is 0.257 e. The molecule has 1 heterocycles. The fourth-order valence-electron chi connectivity index (χ4n) is 4.75. The Labute approximate surface area is 185 Å². The van der Waals surface area contributed by atoms with Crippen molar-refractivity contribution >= 4 is 11.6 Å². The van der Waals surface area contributed by atoms with E-state index in [-0.39, 0.29) is 11.9 Å². The lowest BCUT2D eigenvalue weighted by Gasteiger charge is -2.30. The van der Waals surface area contributed by atoms with Gasteiger partial charge in [0.2, 0.25) is 0 Å². The molecule has 1 unspecified atom stereocenters. The molecule has 5 heteroatoms. The third-order valence-electron chi connectivity index (χ3n) is 6.31. The van der Waals surface area contributed by atoms with Crippen molar-refractivity contribution < 1.29 is 9.53 Å². The first-order chi connectivity index (χ1) is 15.2. The zero-order valence-corrected chi connectivity index (χ0v) is 18.2. The summed E-state index contributed by atoms with van der Waals surface area (Å²) in [4.78, 5) is 15.8. The minimum Gasteiger partial charge on any atom is -0.496 e. The lowest BCUT2D eigenvalue weighted by molar-refractivity contribution is -0.134. The number of nitrogens with zero attached hydrogens (tertiary/aromatic N) is 3. The minimum atomic E-state index is -0.109. The maximum absolute atomic E-state index is 13.5. The maximum Gasteiger partial charge on any atom is 0.257 e. The van der Waals surface area contributed by atoms with Crippen LogP contribution in [0.25, 0.3) is 0 Å². The van der Waals surface area contributed by atoms with Crippen molar-refractivity contribution in [1.29, 1.82) is 0 Å². The van der Waals surface area contributed by atoms with Crippen LogP contribution in [0.4, 0.5) is 0 Å². The highest BCUT2D eigenvalue weighted by Gasteiger charge is 2.35. The van der Waals surface area contributed by atoms with E-state index in [4.69, 9.17) is 9.84 Å². The number of hydrogen-bond acceptors (Lipinski definition) is 4. The van der Waals surface area contributed by atoms with Crippen molar-refractivity contribution in [3.63, 3.8) is 0 Å². The molecular formula is C26H31N3O2. The molecule has 1 amide bonds. The molecule has 2 aromatic rings. The van der Waals surface area contributed by atoms with Gasteiger partial charge >= 0.3 is 0 Å². The van der Waals surface area contributed by atoms with Gasteiger partial charge in [-0.3, -0.25) is 9.69 Å². The first-order valence-electron chi connectivity index (χ1n) is 11.1. The number of benzene rings is 2. The third kappa shape index (κ3) is 4.72. The van der Waals surface area contributed by atoms with E-state index in [0.717, 1.165) is 42.0 Å². The van der Waals surface area contributed by atoms with Crippen LogP contribution in [0.2, 0.25) is 0 Å². The molecule has 0 spiro atoms. The first-order valence-corrected chi connectivity index (χ1v) is 11.1. The number of methoxy groups -OCH3 is 1. The summed E-state index contributed by atoms with van der Waals surface area (Å²) in [6.07, 6.45) is 7.34. The molecule has 1 atom stereocenters. The van der Waals surface area contributed by atoms with Crippen molar-refractivity contribution in [2.75, 3.05) is 20.2 Å². The first kappa shape index (κ1) is 21.3. The van der Waals surface area contributed by atoms with Crippen LogP contribution in [0.5, 0.6) is 5.75 Å². The average molecular weight is 418 g/mol. The SMILES string of the molecule is C=CCN(CC(=O)N1N=C(c2ccccc2OC)CC1c1ccccc1)C1CCCC1. The molecule has 5 nitrogen and oxygen atoms in total. The minimum absolute atomic E-state index is 0.0347. The van der Waals surface area contributed by atoms with Gasteiger partial charge in [0.25, 0.3) is 5.91 Å². The van der Waals surface area contributed by atoms with Crippen molar-refractivity contribution in [1.82, 2.24) is 9.91 Å². The van der Waals surface area contributed by atoms with Gasteiger partial charge < -0.3 is 4.74 Å². The molecular weight excluding hydrogens is 386 g/mol. The van der Waals surface area contributed by atoms with Crippen LogP contribution >= 0.6 is 0 Å². The highest BCUT2D eigenvalue weighted by atomic mass is 16.5. The Kier molecular flexibility index (Phi) is 6.82. The number of hydrogen-bond donors (Lipinski definition) is 0. The molecule has 0 N–H and O–H groups in total. The molecule has 0 radical (unpaired) electrons. The predicted octanol–water partition coefficient (Wildman–Crippen LogP) is 4.80. The van der Waals surface area contributed by atoms with Crippen LogP contribution in [0.1, 0.15) is 49.3 Å². The normalized spacial score (nSPS) is 19.0. The van der Waals surface area contributed by atoms with Crippen molar-refractivity contribution in [2.24, 2.45) is 5.10 Å². The summed E-state index contributed by atoms with van der Waals surface area (Å²) < 4.78 is 5.55. The van der Waals surface area contributed by atoms with Crippen LogP contribution in [-0.2, 0) is 4.79 Å². The molecule has 2 aromatic carbocycles. The maximum atomic E-state index is 13.5. The predicted molar refractivity (Wildman–Crippen MR) is 124 cm³/mol. The highest BCUT2D eigenvalue weighted by Crippen LogP contribution is 2.35. The summed E-state index contributed by atoms with van der Waals surface area (Å²) in [7, 11) is 1.67. The van der Waals surface area contributed by atoms with E-state index in [1.165, 1.54) is 12.8 Å². The van der Waals surface area contributed by atoms with Gasteiger partial charge in [0.1, 0.15) is 5.75 Å². The zero-order chi connectivity index (χ0) is 21.6.